The number of aromatic nitrogens is 1. The van der Waals surface area contributed by atoms with Crippen molar-refractivity contribution in [1.82, 2.24) is 10.3 Å². The Morgan fingerprint density at radius 3 is 2.67 bits per heavy atom. The zero-order valence-electron chi connectivity index (χ0n) is 12.9. The van der Waals surface area contributed by atoms with Crippen LogP contribution < -0.4 is 10.1 Å². The fourth-order valence-corrected chi connectivity index (χ4v) is 2.43. The van der Waals surface area contributed by atoms with E-state index in [1.165, 1.54) is 17.4 Å². The van der Waals surface area contributed by atoms with Gasteiger partial charge in [-0.1, -0.05) is 6.07 Å². The molecule has 5 heteroatoms. The van der Waals surface area contributed by atoms with E-state index in [-0.39, 0.29) is 17.1 Å². The molecule has 0 aliphatic rings. The monoisotopic (exact) mass is 308 g/mol. The molecule has 0 radical (unpaired) electrons. The van der Waals surface area contributed by atoms with E-state index >= 15 is 0 Å². The molecule has 1 N–H and O–H groups in total. The Morgan fingerprint density at radius 1 is 1.33 bits per heavy atom. The van der Waals surface area contributed by atoms with Gasteiger partial charge in [-0.3, -0.25) is 0 Å². The van der Waals surface area contributed by atoms with Crippen molar-refractivity contribution in [1.29, 1.82) is 0 Å². The van der Waals surface area contributed by atoms with Crippen LogP contribution in [0.3, 0.4) is 0 Å². The van der Waals surface area contributed by atoms with E-state index in [1.54, 1.807) is 6.07 Å². The highest BCUT2D eigenvalue weighted by Gasteiger charge is 2.10. The number of nitrogens with zero attached hydrogens (tertiary/aromatic N) is 1. The summed E-state index contributed by atoms with van der Waals surface area (Å²) in [4.78, 5) is 4.29. The third kappa shape index (κ3) is 5.10. The molecule has 1 aromatic heterocycles. The summed E-state index contributed by atoms with van der Waals surface area (Å²) < 4.78 is 19.5. The molecule has 0 saturated heterocycles. The van der Waals surface area contributed by atoms with E-state index in [4.69, 9.17) is 4.74 Å². The lowest BCUT2D eigenvalue weighted by atomic mass is 10.1. The summed E-state index contributed by atoms with van der Waals surface area (Å²) in [5.41, 5.74) is 1.87. The van der Waals surface area contributed by atoms with Gasteiger partial charge in [-0.2, -0.15) is 0 Å². The van der Waals surface area contributed by atoms with Crippen molar-refractivity contribution < 1.29 is 9.13 Å². The van der Waals surface area contributed by atoms with Gasteiger partial charge in [0.1, 0.15) is 11.6 Å². The highest BCUT2D eigenvalue weighted by molar-refractivity contribution is 7.09. The second kappa shape index (κ2) is 6.54. The molecule has 1 aromatic carbocycles. The van der Waals surface area contributed by atoms with Gasteiger partial charge in [0, 0.05) is 23.2 Å². The smallest absolute Gasteiger partial charge is 0.165 e. The Morgan fingerprint density at radius 2 is 2.10 bits per heavy atom. The van der Waals surface area contributed by atoms with Crippen LogP contribution in [0.2, 0.25) is 0 Å². The first kappa shape index (κ1) is 15.9. The Labute approximate surface area is 129 Å². The summed E-state index contributed by atoms with van der Waals surface area (Å²) >= 11 is 1.52. The summed E-state index contributed by atoms with van der Waals surface area (Å²) in [6.07, 6.45) is 0. The fourth-order valence-electron chi connectivity index (χ4n) is 1.75. The van der Waals surface area contributed by atoms with Crippen LogP contribution in [0.5, 0.6) is 5.75 Å². The van der Waals surface area contributed by atoms with Crippen LogP contribution in [0, 0.1) is 12.7 Å². The summed E-state index contributed by atoms with van der Waals surface area (Å²) in [5, 5.41) is 6.14. The summed E-state index contributed by atoms with van der Waals surface area (Å²) in [5.74, 6) is -0.0705. The maximum absolute atomic E-state index is 14.0. The number of halogens is 1. The lowest BCUT2D eigenvalue weighted by Gasteiger charge is -2.20. The van der Waals surface area contributed by atoms with Crippen molar-refractivity contribution in [2.24, 2.45) is 0 Å². The van der Waals surface area contributed by atoms with E-state index in [9.17, 15) is 4.39 Å². The van der Waals surface area contributed by atoms with Gasteiger partial charge in [0.25, 0.3) is 0 Å². The number of hydrogen-bond acceptors (Lipinski definition) is 4. The van der Waals surface area contributed by atoms with Gasteiger partial charge in [-0.05, 0) is 45.4 Å². The summed E-state index contributed by atoms with van der Waals surface area (Å²) in [6, 6.07) is 5.07. The van der Waals surface area contributed by atoms with Crippen LogP contribution in [0.1, 0.15) is 37.0 Å². The lowest BCUT2D eigenvalue weighted by molar-refractivity contribution is 0.289. The van der Waals surface area contributed by atoms with Crippen molar-refractivity contribution in [2.75, 3.05) is 0 Å². The van der Waals surface area contributed by atoms with Crippen LogP contribution in [0.25, 0.3) is 0 Å². The summed E-state index contributed by atoms with van der Waals surface area (Å²) in [7, 11) is 0. The maximum Gasteiger partial charge on any atom is 0.165 e. The standard InChI is InChI=1S/C16H21FN2OS/c1-11-10-21-15(19-11)9-20-14-6-5-12(7-13(14)17)8-18-16(2,3)4/h5-7,10,18H,8-9H2,1-4H3. The molecule has 0 bridgehead atoms. The van der Waals surface area contributed by atoms with Crippen molar-refractivity contribution in [2.45, 2.75) is 46.4 Å². The second-order valence-electron chi connectivity index (χ2n) is 6.04. The normalized spacial score (nSPS) is 11.7. The molecule has 1 heterocycles. The minimum absolute atomic E-state index is 0.00828. The Kier molecular flexibility index (Phi) is 4.96. The minimum Gasteiger partial charge on any atom is -0.483 e. The van der Waals surface area contributed by atoms with Gasteiger partial charge in [0.05, 0.1) is 0 Å². The van der Waals surface area contributed by atoms with Gasteiger partial charge in [0.2, 0.25) is 0 Å². The van der Waals surface area contributed by atoms with E-state index in [0.29, 0.717) is 13.2 Å². The predicted octanol–water partition coefficient (Wildman–Crippen LogP) is 4.06. The lowest BCUT2D eigenvalue weighted by Crippen LogP contribution is -2.35. The van der Waals surface area contributed by atoms with Gasteiger partial charge < -0.3 is 10.1 Å². The Balaban J connectivity index is 1.95. The fraction of sp³-hybridized carbons (Fsp3) is 0.438. The Bertz CT molecular complexity index is 605. The van der Waals surface area contributed by atoms with Gasteiger partial charge in [-0.15, -0.1) is 11.3 Å². The minimum atomic E-state index is -0.337. The number of nitrogens with one attached hydrogen (secondary N) is 1. The maximum atomic E-state index is 14.0. The van der Waals surface area contributed by atoms with Gasteiger partial charge >= 0.3 is 0 Å². The van der Waals surface area contributed by atoms with Gasteiger partial charge in [-0.25, -0.2) is 9.37 Å². The van der Waals surface area contributed by atoms with E-state index < -0.39 is 0 Å². The zero-order chi connectivity index (χ0) is 15.5. The van der Waals surface area contributed by atoms with Crippen LogP contribution in [0.4, 0.5) is 4.39 Å². The third-order valence-corrected chi connectivity index (χ3v) is 3.78. The molecule has 0 fully saturated rings. The second-order valence-corrected chi connectivity index (χ2v) is 6.98. The zero-order valence-corrected chi connectivity index (χ0v) is 13.7. The molecule has 0 aliphatic heterocycles. The number of ether oxygens (including phenoxy) is 1. The van der Waals surface area contributed by atoms with E-state index in [1.807, 2.05) is 18.4 Å². The van der Waals surface area contributed by atoms with Crippen LogP contribution in [0.15, 0.2) is 23.6 Å². The third-order valence-electron chi connectivity index (χ3n) is 2.84. The molecule has 0 atom stereocenters. The average Bonchev–Trinajstić information content (AvgIpc) is 2.80. The molecule has 2 aromatic rings. The van der Waals surface area contributed by atoms with Crippen LogP contribution in [-0.2, 0) is 13.2 Å². The molecule has 0 amide bonds. The predicted molar refractivity (Wildman–Crippen MR) is 84.2 cm³/mol. The van der Waals surface area contributed by atoms with E-state index in [0.717, 1.165) is 16.3 Å². The Hall–Kier alpha value is -1.46. The molecule has 0 unspecified atom stereocenters. The molecular weight excluding hydrogens is 287 g/mol. The van der Waals surface area contributed by atoms with Crippen molar-refractivity contribution in [3.05, 3.63) is 45.7 Å². The molecule has 2 rings (SSSR count). The summed E-state index contributed by atoms with van der Waals surface area (Å²) in [6.45, 7) is 9.10. The molecule has 3 nitrogen and oxygen atoms in total. The highest BCUT2D eigenvalue weighted by Crippen LogP contribution is 2.21. The molecule has 21 heavy (non-hydrogen) atoms. The van der Waals surface area contributed by atoms with E-state index in [2.05, 4.69) is 31.1 Å². The quantitative estimate of drug-likeness (QED) is 0.904. The topological polar surface area (TPSA) is 34.1 Å². The molecule has 114 valence electrons. The van der Waals surface area contributed by atoms with Crippen molar-refractivity contribution in [3.8, 4) is 5.75 Å². The number of hydrogen-bond donors (Lipinski definition) is 1. The number of thiazole rings is 1. The first-order valence-corrected chi connectivity index (χ1v) is 7.79. The number of aryl methyl sites for hydroxylation is 1. The van der Waals surface area contributed by atoms with Crippen LogP contribution >= 0.6 is 11.3 Å². The molecule has 0 aliphatic carbocycles. The van der Waals surface area contributed by atoms with Crippen molar-refractivity contribution in [3.63, 3.8) is 0 Å². The SMILES string of the molecule is Cc1csc(COc2ccc(CNC(C)(C)C)cc2F)n1. The molecule has 0 spiro atoms. The number of rotatable bonds is 5. The largest absolute Gasteiger partial charge is 0.483 e. The first-order chi connectivity index (χ1) is 9.83. The van der Waals surface area contributed by atoms with Gasteiger partial charge in [0.15, 0.2) is 11.6 Å². The number of benzene rings is 1. The highest BCUT2D eigenvalue weighted by atomic mass is 32.1. The molecular formula is C16H21FN2OS. The first-order valence-electron chi connectivity index (χ1n) is 6.91. The van der Waals surface area contributed by atoms with Crippen LogP contribution in [-0.4, -0.2) is 10.5 Å². The average molecular weight is 308 g/mol. The molecule has 0 saturated carbocycles. The van der Waals surface area contributed by atoms with Crippen molar-refractivity contribution >= 4 is 11.3 Å².